The molecule has 0 aliphatic carbocycles. The van der Waals surface area contributed by atoms with E-state index in [0.717, 1.165) is 37.5 Å². The van der Waals surface area contributed by atoms with Gasteiger partial charge < -0.3 is 10.2 Å². The molecule has 1 fully saturated rings. The van der Waals surface area contributed by atoms with Gasteiger partial charge >= 0.3 is 0 Å². The fourth-order valence-electron chi connectivity index (χ4n) is 4.41. The number of aromatic nitrogens is 2. The van der Waals surface area contributed by atoms with Gasteiger partial charge in [-0.25, -0.2) is 4.68 Å². The number of hydrogen-bond donors (Lipinski definition) is 1. The van der Waals surface area contributed by atoms with Crippen LogP contribution in [0.2, 0.25) is 0 Å². The molecule has 2 heterocycles. The number of likely N-dealkylation sites (tertiary alicyclic amines) is 1. The van der Waals surface area contributed by atoms with E-state index in [1.807, 2.05) is 30.3 Å². The Morgan fingerprint density at radius 3 is 2.36 bits per heavy atom. The molecule has 1 aromatic heterocycles. The molecule has 0 unspecified atom stereocenters. The molecule has 1 aliphatic rings. The minimum atomic E-state index is -0.275. The summed E-state index contributed by atoms with van der Waals surface area (Å²) in [5, 5.41) is 7.29. The zero-order chi connectivity index (χ0) is 22.9. The van der Waals surface area contributed by atoms with Crippen LogP contribution in [0.3, 0.4) is 0 Å². The third-order valence-electron chi connectivity index (χ3n) is 6.28. The maximum Gasteiger partial charge on any atom is 0.267 e. The Labute approximate surface area is 195 Å². The molecule has 1 amide bonds. The predicted octanol–water partition coefficient (Wildman–Crippen LogP) is 3.37. The second-order valence-electron chi connectivity index (χ2n) is 8.76. The molecule has 0 bridgehead atoms. The van der Waals surface area contributed by atoms with Crippen LogP contribution in [0, 0.1) is 5.92 Å². The third-order valence-corrected chi connectivity index (χ3v) is 6.28. The summed E-state index contributed by atoms with van der Waals surface area (Å²) in [7, 11) is 0. The predicted molar refractivity (Wildman–Crippen MR) is 131 cm³/mol. The van der Waals surface area contributed by atoms with Crippen LogP contribution in [0.5, 0.6) is 0 Å². The Morgan fingerprint density at radius 1 is 0.939 bits per heavy atom. The minimum Gasteiger partial charge on any atom is -0.354 e. The highest BCUT2D eigenvalue weighted by Gasteiger charge is 2.19. The maximum atomic E-state index is 12.4. The van der Waals surface area contributed by atoms with Crippen LogP contribution in [0.25, 0.3) is 11.3 Å². The Hall–Kier alpha value is -3.25. The van der Waals surface area contributed by atoms with Crippen molar-refractivity contribution in [3.05, 3.63) is 88.7 Å². The van der Waals surface area contributed by atoms with E-state index in [2.05, 4.69) is 45.6 Å². The van der Waals surface area contributed by atoms with E-state index in [1.54, 1.807) is 6.07 Å². The van der Waals surface area contributed by atoms with E-state index in [9.17, 15) is 9.59 Å². The molecule has 2 aromatic carbocycles. The minimum absolute atomic E-state index is 0.0651. The van der Waals surface area contributed by atoms with Crippen LogP contribution in [0.15, 0.2) is 77.6 Å². The first-order valence-electron chi connectivity index (χ1n) is 11.8. The van der Waals surface area contributed by atoms with Gasteiger partial charge in [0.05, 0.1) is 5.69 Å². The summed E-state index contributed by atoms with van der Waals surface area (Å²) in [6.07, 6.45) is 4.53. The van der Waals surface area contributed by atoms with E-state index < -0.39 is 0 Å². The van der Waals surface area contributed by atoms with Crippen LogP contribution in [-0.2, 0) is 17.8 Å². The summed E-state index contributed by atoms with van der Waals surface area (Å²) < 4.78 is 1.23. The molecule has 3 aromatic rings. The van der Waals surface area contributed by atoms with Crippen molar-refractivity contribution in [3.8, 4) is 11.3 Å². The van der Waals surface area contributed by atoms with E-state index >= 15 is 0 Å². The second kappa shape index (κ2) is 11.6. The molecule has 33 heavy (non-hydrogen) atoms. The highest BCUT2D eigenvalue weighted by molar-refractivity contribution is 5.75. The van der Waals surface area contributed by atoms with E-state index in [0.29, 0.717) is 12.2 Å². The summed E-state index contributed by atoms with van der Waals surface area (Å²) in [6, 6.07) is 23.5. The Morgan fingerprint density at radius 2 is 1.64 bits per heavy atom. The quantitative estimate of drug-likeness (QED) is 0.514. The van der Waals surface area contributed by atoms with Crippen molar-refractivity contribution < 1.29 is 4.79 Å². The van der Waals surface area contributed by atoms with Gasteiger partial charge in [-0.3, -0.25) is 9.59 Å². The average Bonchev–Trinajstić information content (AvgIpc) is 2.85. The molecule has 1 aliphatic heterocycles. The summed E-state index contributed by atoms with van der Waals surface area (Å²) in [5.41, 5.74) is 2.75. The van der Waals surface area contributed by atoms with Crippen LogP contribution in [-0.4, -0.2) is 46.8 Å². The Bertz CT molecular complexity index is 1070. The molecule has 0 saturated carbocycles. The Balaban J connectivity index is 1.16. The van der Waals surface area contributed by atoms with Crippen molar-refractivity contribution in [1.29, 1.82) is 0 Å². The van der Waals surface area contributed by atoms with Crippen LogP contribution < -0.4 is 10.9 Å². The van der Waals surface area contributed by atoms with Gasteiger partial charge in [0.2, 0.25) is 5.91 Å². The first-order chi connectivity index (χ1) is 16.2. The van der Waals surface area contributed by atoms with E-state index in [-0.39, 0.29) is 18.0 Å². The van der Waals surface area contributed by atoms with Gasteiger partial charge in [0, 0.05) is 18.2 Å². The fraction of sp³-hybridized carbons (Fsp3) is 0.370. The molecule has 4 rings (SSSR count). The lowest BCUT2D eigenvalue weighted by atomic mass is 9.90. The second-order valence-corrected chi connectivity index (χ2v) is 8.76. The number of carbonyl (C=O) groups excluding carboxylic acids is 1. The third kappa shape index (κ3) is 6.86. The highest BCUT2D eigenvalue weighted by Crippen LogP contribution is 2.21. The lowest BCUT2D eigenvalue weighted by Gasteiger charge is -2.32. The van der Waals surface area contributed by atoms with Crippen molar-refractivity contribution in [2.24, 2.45) is 5.92 Å². The van der Waals surface area contributed by atoms with Gasteiger partial charge in [0.1, 0.15) is 6.54 Å². The zero-order valence-electron chi connectivity index (χ0n) is 19.0. The molecule has 0 radical (unpaired) electrons. The molecule has 6 heteroatoms. The summed E-state index contributed by atoms with van der Waals surface area (Å²) >= 11 is 0. The number of rotatable bonds is 9. The average molecular weight is 445 g/mol. The molecular formula is C27H32N4O2. The maximum absolute atomic E-state index is 12.4. The van der Waals surface area contributed by atoms with Crippen molar-refractivity contribution in [2.75, 3.05) is 26.2 Å². The van der Waals surface area contributed by atoms with Crippen LogP contribution in [0.4, 0.5) is 0 Å². The van der Waals surface area contributed by atoms with Gasteiger partial charge in [0.15, 0.2) is 0 Å². The largest absolute Gasteiger partial charge is 0.354 e. The van der Waals surface area contributed by atoms with Crippen molar-refractivity contribution >= 4 is 5.91 Å². The lowest BCUT2D eigenvalue weighted by molar-refractivity contribution is -0.121. The van der Waals surface area contributed by atoms with Gasteiger partial charge in [-0.2, -0.15) is 5.10 Å². The number of hydrogen-bond acceptors (Lipinski definition) is 4. The summed E-state index contributed by atoms with van der Waals surface area (Å²) in [5.74, 6) is 0.581. The number of carbonyl (C=O) groups is 1. The molecule has 0 spiro atoms. The van der Waals surface area contributed by atoms with Crippen molar-refractivity contribution in [1.82, 2.24) is 20.0 Å². The molecule has 172 valence electrons. The number of amides is 1. The smallest absolute Gasteiger partial charge is 0.267 e. The standard InChI is InChI=1S/C27H32N4O2/c32-26(21-31-27(33)13-12-25(29-31)24-10-5-2-6-11-24)28-16-7-17-30-18-14-23(15-19-30)20-22-8-3-1-4-9-22/h1-6,8-13,23H,7,14-21H2,(H,28,32). The Kier molecular flexibility index (Phi) is 8.04. The van der Waals surface area contributed by atoms with Crippen molar-refractivity contribution in [3.63, 3.8) is 0 Å². The van der Waals surface area contributed by atoms with E-state index in [4.69, 9.17) is 0 Å². The van der Waals surface area contributed by atoms with Crippen molar-refractivity contribution in [2.45, 2.75) is 32.2 Å². The zero-order valence-corrected chi connectivity index (χ0v) is 19.0. The first kappa shape index (κ1) is 22.9. The molecular weight excluding hydrogens is 412 g/mol. The molecule has 0 atom stereocenters. The number of piperidine rings is 1. The molecule has 1 saturated heterocycles. The van der Waals surface area contributed by atoms with E-state index in [1.165, 1.54) is 35.6 Å². The van der Waals surface area contributed by atoms with Gasteiger partial charge in [-0.15, -0.1) is 0 Å². The number of nitrogens with zero attached hydrogens (tertiary/aromatic N) is 3. The van der Waals surface area contributed by atoms with Crippen LogP contribution in [0.1, 0.15) is 24.8 Å². The highest BCUT2D eigenvalue weighted by atomic mass is 16.2. The summed E-state index contributed by atoms with van der Waals surface area (Å²) in [6.45, 7) is 3.77. The first-order valence-corrected chi connectivity index (χ1v) is 11.8. The number of benzene rings is 2. The fourth-order valence-corrected chi connectivity index (χ4v) is 4.41. The summed E-state index contributed by atoms with van der Waals surface area (Å²) in [4.78, 5) is 27.0. The van der Waals surface area contributed by atoms with Gasteiger partial charge in [-0.05, 0) is 62.9 Å². The van der Waals surface area contributed by atoms with Gasteiger partial charge in [-0.1, -0.05) is 60.7 Å². The van der Waals surface area contributed by atoms with Crippen LogP contribution >= 0.6 is 0 Å². The van der Waals surface area contributed by atoms with Gasteiger partial charge in [0.25, 0.3) is 5.56 Å². The number of nitrogens with one attached hydrogen (secondary N) is 1. The SMILES string of the molecule is O=C(Cn1nc(-c2ccccc2)ccc1=O)NCCCN1CCC(Cc2ccccc2)CC1. The lowest BCUT2D eigenvalue weighted by Crippen LogP contribution is -2.37. The molecule has 1 N–H and O–H groups in total. The normalized spacial score (nSPS) is 14.8. The topological polar surface area (TPSA) is 67.2 Å². The molecule has 6 nitrogen and oxygen atoms in total. The monoisotopic (exact) mass is 444 g/mol.